The van der Waals surface area contributed by atoms with E-state index in [0.717, 1.165) is 12.8 Å². The third-order valence-corrected chi connectivity index (χ3v) is 3.22. The van der Waals surface area contributed by atoms with Crippen molar-refractivity contribution in [3.63, 3.8) is 0 Å². The van der Waals surface area contributed by atoms with Crippen molar-refractivity contribution in [3.8, 4) is 5.75 Å². The molecule has 0 N–H and O–H groups in total. The van der Waals surface area contributed by atoms with Crippen LogP contribution in [0.1, 0.15) is 12.0 Å². The standard InChI is InChI=1S/C15H14BrFO/c16-14-11-13(17)8-9-15(14)18-10-4-7-12-5-2-1-3-6-12/h1-3,5-6,8-9,11H,4,7,10H2. The van der Waals surface area contributed by atoms with E-state index in [1.54, 1.807) is 6.07 Å². The predicted octanol–water partition coefficient (Wildman–Crippen LogP) is 4.60. The van der Waals surface area contributed by atoms with Gasteiger partial charge in [0.05, 0.1) is 11.1 Å². The molecule has 0 aromatic heterocycles. The monoisotopic (exact) mass is 308 g/mol. The summed E-state index contributed by atoms with van der Waals surface area (Å²) in [6.45, 7) is 0.624. The van der Waals surface area contributed by atoms with Crippen LogP contribution in [-0.2, 0) is 6.42 Å². The molecule has 0 fully saturated rings. The number of rotatable bonds is 5. The summed E-state index contributed by atoms with van der Waals surface area (Å²) in [7, 11) is 0. The second-order valence-corrected chi connectivity index (χ2v) is 4.87. The van der Waals surface area contributed by atoms with Crippen LogP contribution in [0.3, 0.4) is 0 Å². The molecule has 0 amide bonds. The Hall–Kier alpha value is -1.35. The zero-order valence-electron chi connectivity index (χ0n) is 9.90. The third kappa shape index (κ3) is 3.84. The molecule has 0 saturated heterocycles. The lowest BCUT2D eigenvalue weighted by molar-refractivity contribution is 0.308. The number of hydrogen-bond acceptors (Lipinski definition) is 1. The van der Waals surface area contributed by atoms with Gasteiger partial charge in [-0.15, -0.1) is 0 Å². The van der Waals surface area contributed by atoms with E-state index in [-0.39, 0.29) is 5.82 Å². The van der Waals surface area contributed by atoms with Gasteiger partial charge in [-0.05, 0) is 52.5 Å². The Morgan fingerprint density at radius 3 is 2.56 bits per heavy atom. The van der Waals surface area contributed by atoms with Crippen molar-refractivity contribution in [2.24, 2.45) is 0 Å². The minimum Gasteiger partial charge on any atom is -0.492 e. The van der Waals surface area contributed by atoms with Crippen molar-refractivity contribution in [2.75, 3.05) is 6.61 Å². The fraction of sp³-hybridized carbons (Fsp3) is 0.200. The van der Waals surface area contributed by atoms with Gasteiger partial charge in [-0.3, -0.25) is 0 Å². The van der Waals surface area contributed by atoms with E-state index < -0.39 is 0 Å². The number of aryl methyl sites for hydroxylation is 1. The fourth-order valence-electron chi connectivity index (χ4n) is 1.70. The minimum absolute atomic E-state index is 0.265. The van der Waals surface area contributed by atoms with E-state index in [9.17, 15) is 4.39 Å². The van der Waals surface area contributed by atoms with Crippen LogP contribution in [-0.4, -0.2) is 6.61 Å². The lowest BCUT2D eigenvalue weighted by atomic mass is 10.1. The maximum absolute atomic E-state index is 12.9. The summed E-state index contributed by atoms with van der Waals surface area (Å²) < 4.78 is 19.1. The summed E-state index contributed by atoms with van der Waals surface area (Å²) in [5.41, 5.74) is 1.30. The number of halogens is 2. The second-order valence-electron chi connectivity index (χ2n) is 4.01. The molecule has 1 nitrogen and oxygen atoms in total. The largest absolute Gasteiger partial charge is 0.492 e. The SMILES string of the molecule is Fc1ccc(OCCCc2ccccc2)c(Br)c1. The Morgan fingerprint density at radius 2 is 1.83 bits per heavy atom. The average Bonchev–Trinajstić information content (AvgIpc) is 2.38. The van der Waals surface area contributed by atoms with Gasteiger partial charge in [-0.2, -0.15) is 0 Å². The lowest BCUT2D eigenvalue weighted by Gasteiger charge is -2.08. The van der Waals surface area contributed by atoms with Crippen molar-refractivity contribution in [1.29, 1.82) is 0 Å². The average molecular weight is 309 g/mol. The van der Waals surface area contributed by atoms with Gasteiger partial charge in [-0.25, -0.2) is 4.39 Å². The van der Waals surface area contributed by atoms with E-state index in [4.69, 9.17) is 4.74 Å². The van der Waals surface area contributed by atoms with Crippen LogP contribution in [0.25, 0.3) is 0 Å². The van der Waals surface area contributed by atoms with Crippen LogP contribution in [0, 0.1) is 5.82 Å². The normalized spacial score (nSPS) is 10.3. The molecule has 0 atom stereocenters. The van der Waals surface area contributed by atoms with E-state index in [2.05, 4.69) is 28.1 Å². The van der Waals surface area contributed by atoms with E-state index >= 15 is 0 Å². The molecule has 0 radical (unpaired) electrons. The number of hydrogen-bond donors (Lipinski definition) is 0. The highest BCUT2D eigenvalue weighted by molar-refractivity contribution is 9.10. The molecule has 0 aliphatic heterocycles. The molecule has 0 spiro atoms. The molecule has 0 bridgehead atoms. The fourth-order valence-corrected chi connectivity index (χ4v) is 2.16. The Morgan fingerprint density at radius 1 is 1.06 bits per heavy atom. The molecule has 3 heteroatoms. The highest BCUT2D eigenvalue weighted by Crippen LogP contribution is 2.25. The summed E-state index contributed by atoms with van der Waals surface area (Å²) in [4.78, 5) is 0. The molecule has 2 aromatic carbocycles. The van der Waals surface area contributed by atoms with Gasteiger partial charge in [0.2, 0.25) is 0 Å². The van der Waals surface area contributed by atoms with E-state index in [1.165, 1.54) is 17.7 Å². The first-order valence-corrected chi connectivity index (χ1v) is 6.67. The van der Waals surface area contributed by atoms with Crippen LogP contribution >= 0.6 is 15.9 Å². The quantitative estimate of drug-likeness (QED) is 0.734. The topological polar surface area (TPSA) is 9.23 Å². The van der Waals surface area contributed by atoms with Crippen molar-refractivity contribution in [2.45, 2.75) is 12.8 Å². The highest BCUT2D eigenvalue weighted by Gasteiger charge is 2.02. The summed E-state index contributed by atoms with van der Waals surface area (Å²) in [6, 6.07) is 14.7. The zero-order chi connectivity index (χ0) is 12.8. The first-order chi connectivity index (χ1) is 8.75. The Balaban J connectivity index is 1.79. The smallest absolute Gasteiger partial charge is 0.133 e. The maximum atomic E-state index is 12.9. The van der Waals surface area contributed by atoms with Gasteiger partial charge in [0, 0.05) is 0 Å². The first-order valence-electron chi connectivity index (χ1n) is 5.87. The van der Waals surface area contributed by atoms with Crippen LogP contribution < -0.4 is 4.74 Å². The molecule has 0 saturated carbocycles. The molecule has 0 unspecified atom stereocenters. The van der Waals surface area contributed by atoms with Gasteiger partial charge >= 0.3 is 0 Å². The van der Waals surface area contributed by atoms with Gasteiger partial charge in [0.1, 0.15) is 11.6 Å². The van der Waals surface area contributed by atoms with E-state index in [0.29, 0.717) is 16.8 Å². The van der Waals surface area contributed by atoms with Gasteiger partial charge in [0.15, 0.2) is 0 Å². The number of ether oxygens (including phenoxy) is 1. The molecule has 2 rings (SSSR count). The predicted molar refractivity (Wildman–Crippen MR) is 74.4 cm³/mol. The molecule has 94 valence electrons. The molecule has 2 aromatic rings. The summed E-state index contributed by atoms with van der Waals surface area (Å²) >= 11 is 3.28. The second kappa shape index (κ2) is 6.55. The first kappa shape index (κ1) is 13.1. The van der Waals surface area contributed by atoms with Crippen molar-refractivity contribution in [1.82, 2.24) is 0 Å². The molecule has 0 aliphatic rings. The molecule has 18 heavy (non-hydrogen) atoms. The third-order valence-electron chi connectivity index (χ3n) is 2.60. The van der Waals surface area contributed by atoms with Crippen molar-refractivity contribution >= 4 is 15.9 Å². The van der Waals surface area contributed by atoms with Crippen LogP contribution in [0.2, 0.25) is 0 Å². The molecule has 0 aliphatic carbocycles. The van der Waals surface area contributed by atoms with Gasteiger partial charge in [-0.1, -0.05) is 30.3 Å². The lowest BCUT2D eigenvalue weighted by Crippen LogP contribution is -2.00. The van der Waals surface area contributed by atoms with Crippen LogP contribution in [0.4, 0.5) is 4.39 Å². The summed E-state index contributed by atoms with van der Waals surface area (Å²) in [6.07, 6.45) is 1.92. The number of benzene rings is 2. The Kier molecular flexibility index (Phi) is 4.76. The zero-order valence-corrected chi connectivity index (χ0v) is 11.5. The van der Waals surface area contributed by atoms with Crippen molar-refractivity contribution in [3.05, 3.63) is 64.4 Å². The highest BCUT2D eigenvalue weighted by atomic mass is 79.9. The summed E-state index contributed by atoms with van der Waals surface area (Å²) in [5, 5.41) is 0. The molecular weight excluding hydrogens is 295 g/mol. The van der Waals surface area contributed by atoms with Crippen LogP contribution in [0.5, 0.6) is 5.75 Å². The van der Waals surface area contributed by atoms with E-state index in [1.807, 2.05) is 18.2 Å². The van der Waals surface area contributed by atoms with Crippen LogP contribution in [0.15, 0.2) is 53.0 Å². The van der Waals surface area contributed by atoms with Crippen molar-refractivity contribution < 1.29 is 9.13 Å². The maximum Gasteiger partial charge on any atom is 0.133 e. The Labute approximate surface area is 115 Å². The summed E-state index contributed by atoms with van der Waals surface area (Å²) in [5.74, 6) is 0.419. The molecule has 0 heterocycles. The minimum atomic E-state index is -0.265. The van der Waals surface area contributed by atoms with Gasteiger partial charge < -0.3 is 4.74 Å². The van der Waals surface area contributed by atoms with Gasteiger partial charge in [0.25, 0.3) is 0 Å². The Bertz CT molecular complexity index is 499. The molecular formula is C15H14BrFO.